The quantitative estimate of drug-likeness (QED) is 0.840. The number of aryl methyl sites for hydroxylation is 1. The van der Waals surface area contributed by atoms with Crippen molar-refractivity contribution >= 4 is 11.6 Å². The monoisotopic (exact) mass is 229 g/mol. The lowest BCUT2D eigenvalue weighted by Gasteiger charge is -2.07. The summed E-state index contributed by atoms with van der Waals surface area (Å²) in [4.78, 5) is 11.9. The lowest BCUT2D eigenvalue weighted by Crippen LogP contribution is -2.13. The number of halogens is 1. The molecule has 0 aliphatic heterocycles. The van der Waals surface area contributed by atoms with E-state index in [9.17, 15) is 9.18 Å². The van der Waals surface area contributed by atoms with Gasteiger partial charge in [-0.25, -0.2) is 4.39 Å². The summed E-state index contributed by atoms with van der Waals surface area (Å²) in [7, 11) is 0. The van der Waals surface area contributed by atoms with E-state index in [4.69, 9.17) is 0 Å². The first-order valence-electron chi connectivity index (χ1n) is 5.29. The standard InChI is InChI=1S/C14H12FNO/c1-10-5-2-3-8-13(10)14(17)16-12-7-4-6-11(15)9-12/h2-9H,1H3,(H,16,17). The van der Waals surface area contributed by atoms with E-state index in [0.717, 1.165) is 5.56 Å². The summed E-state index contributed by atoms with van der Waals surface area (Å²) in [5.74, 6) is -0.596. The van der Waals surface area contributed by atoms with Gasteiger partial charge in [-0.3, -0.25) is 4.79 Å². The van der Waals surface area contributed by atoms with Crippen molar-refractivity contribution in [1.82, 2.24) is 0 Å². The van der Waals surface area contributed by atoms with E-state index in [-0.39, 0.29) is 11.7 Å². The van der Waals surface area contributed by atoms with E-state index in [2.05, 4.69) is 5.32 Å². The van der Waals surface area contributed by atoms with E-state index in [1.807, 2.05) is 19.1 Å². The summed E-state index contributed by atoms with van der Waals surface area (Å²) >= 11 is 0. The van der Waals surface area contributed by atoms with Crippen molar-refractivity contribution in [3.05, 3.63) is 65.5 Å². The summed E-state index contributed by atoms with van der Waals surface area (Å²) in [6.07, 6.45) is 0. The molecule has 0 aliphatic carbocycles. The Balaban J connectivity index is 2.20. The average molecular weight is 229 g/mol. The third kappa shape index (κ3) is 2.69. The number of hydrogen-bond acceptors (Lipinski definition) is 1. The number of hydrogen-bond donors (Lipinski definition) is 1. The van der Waals surface area contributed by atoms with E-state index in [1.165, 1.54) is 12.1 Å². The Hall–Kier alpha value is -2.16. The molecule has 0 unspecified atom stereocenters. The second-order valence-electron chi connectivity index (χ2n) is 3.78. The van der Waals surface area contributed by atoms with Crippen molar-refractivity contribution in [3.63, 3.8) is 0 Å². The Morgan fingerprint density at radius 2 is 1.88 bits per heavy atom. The van der Waals surface area contributed by atoms with Crippen LogP contribution in [-0.4, -0.2) is 5.91 Å². The van der Waals surface area contributed by atoms with Crippen molar-refractivity contribution in [1.29, 1.82) is 0 Å². The van der Waals surface area contributed by atoms with Crippen LogP contribution < -0.4 is 5.32 Å². The lowest BCUT2D eigenvalue weighted by atomic mass is 10.1. The zero-order valence-corrected chi connectivity index (χ0v) is 9.41. The molecule has 1 amide bonds. The first-order chi connectivity index (χ1) is 8.16. The maximum atomic E-state index is 12.9. The van der Waals surface area contributed by atoms with Gasteiger partial charge in [-0.1, -0.05) is 24.3 Å². The largest absolute Gasteiger partial charge is 0.322 e. The van der Waals surface area contributed by atoms with Crippen molar-refractivity contribution < 1.29 is 9.18 Å². The van der Waals surface area contributed by atoms with E-state index >= 15 is 0 Å². The van der Waals surface area contributed by atoms with Crippen LogP contribution in [0.2, 0.25) is 0 Å². The van der Waals surface area contributed by atoms with Crippen LogP contribution in [0.25, 0.3) is 0 Å². The molecule has 0 heterocycles. The zero-order valence-electron chi connectivity index (χ0n) is 9.41. The van der Waals surface area contributed by atoms with Gasteiger partial charge in [0.2, 0.25) is 0 Å². The van der Waals surface area contributed by atoms with Crippen molar-refractivity contribution in [3.8, 4) is 0 Å². The molecular formula is C14H12FNO. The molecule has 2 aromatic rings. The molecular weight excluding hydrogens is 217 g/mol. The van der Waals surface area contributed by atoms with Crippen molar-refractivity contribution in [2.24, 2.45) is 0 Å². The number of anilines is 1. The number of nitrogens with one attached hydrogen (secondary N) is 1. The summed E-state index contributed by atoms with van der Waals surface area (Å²) in [6.45, 7) is 1.86. The van der Waals surface area contributed by atoms with Crippen molar-refractivity contribution in [2.75, 3.05) is 5.32 Å². The normalized spacial score (nSPS) is 10.0. The molecule has 0 saturated carbocycles. The zero-order chi connectivity index (χ0) is 12.3. The minimum atomic E-state index is -0.368. The molecule has 0 atom stereocenters. The Bertz CT molecular complexity index is 551. The molecule has 2 rings (SSSR count). The predicted molar refractivity (Wildman–Crippen MR) is 65.5 cm³/mol. The highest BCUT2D eigenvalue weighted by Crippen LogP contribution is 2.13. The molecule has 0 spiro atoms. The lowest BCUT2D eigenvalue weighted by molar-refractivity contribution is 0.102. The fourth-order valence-corrected chi connectivity index (χ4v) is 1.59. The molecule has 0 bridgehead atoms. The van der Waals surface area contributed by atoms with Crippen LogP contribution in [0.1, 0.15) is 15.9 Å². The van der Waals surface area contributed by atoms with Gasteiger partial charge in [0.1, 0.15) is 5.82 Å². The third-order valence-corrected chi connectivity index (χ3v) is 2.47. The molecule has 0 fully saturated rings. The third-order valence-electron chi connectivity index (χ3n) is 2.47. The SMILES string of the molecule is Cc1ccccc1C(=O)Nc1cccc(F)c1. The number of benzene rings is 2. The number of rotatable bonds is 2. The molecule has 0 saturated heterocycles. The van der Waals surface area contributed by atoms with Crippen LogP contribution in [0.5, 0.6) is 0 Å². The number of carbonyl (C=O) groups excluding carboxylic acids is 1. The van der Waals surface area contributed by atoms with E-state index < -0.39 is 0 Å². The molecule has 0 radical (unpaired) electrons. The maximum absolute atomic E-state index is 12.9. The highest BCUT2D eigenvalue weighted by molar-refractivity contribution is 6.05. The molecule has 0 aliphatic rings. The Morgan fingerprint density at radius 3 is 2.59 bits per heavy atom. The topological polar surface area (TPSA) is 29.1 Å². The smallest absolute Gasteiger partial charge is 0.255 e. The van der Waals surface area contributed by atoms with Gasteiger partial charge in [0.25, 0.3) is 5.91 Å². The minimum Gasteiger partial charge on any atom is -0.322 e. The molecule has 3 heteroatoms. The fourth-order valence-electron chi connectivity index (χ4n) is 1.59. The van der Waals surface area contributed by atoms with Gasteiger partial charge in [-0.15, -0.1) is 0 Å². The average Bonchev–Trinajstić information content (AvgIpc) is 2.29. The van der Waals surface area contributed by atoms with E-state index in [0.29, 0.717) is 11.3 Å². The predicted octanol–water partition coefficient (Wildman–Crippen LogP) is 3.39. The number of amides is 1. The highest BCUT2D eigenvalue weighted by Gasteiger charge is 2.08. The summed E-state index contributed by atoms with van der Waals surface area (Å²) < 4.78 is 12.9. The van der Waals surface area contributed by atoms with Gasteiger partial charge in [-0.2, -0.15) is 0 Å². The van der Waals surface area contributed by atoms with Gasteiger partial charge in [0.05, 0.1) is 0 Å². The van der Waals surface area contributed by atoms with Crippen LogP contribution in [0.3, 0.4) is 0 Å². The van der Waals surface area contributed by atoms with Gasteiger partial charge in [0, 0.05) is 11.3 Å². The van der Waals surface area contributed by atoms with Crippen LogP contribution in [-0.2, 0) is 0 Å². The maximum Gasteiger partial charge on any atom is 0.255 e. The molecule has 2 nitrogen and oxygen atoms in total. The Kier molecular flexibility index (Phi) is 3.19. The first-order valence-corrected chi connectivity index (χ1v) is 5.29. The van der Waals surface area contributed by atoms with Gasteiger partial charge in [-0.05, 0) is 36.8 Å². The molecule has 1 N–H and O–H groups in total. The second kappa shape index (κ2) is 4.78. The summed E-state index contributed by atoms with van der Waals surface area (Å²) in [5.41, 5.74) is 1.94. The molecule has 17 heavy (non-hydrogen) atoms. The van der Waals surface area contributed by atoms with Gasteiger partial charge in [0.15, 0.2) is 0 Å². The second-order valence-corrected chi connectivity index (χ2v) is 3.78. The van der Waals surface area contributed by atoms with Crippen LogP contribution in [0, 0.1) is 12.7 Å². The molecule has 86 valence electrons. The fraction of sp³-hybridized carbons (Fsp3) is 0.0714. The van der Waals surface area contributed by atoms with Crippen LogP contribution in [0.15, 0.2) is 48.5 Å². The molecule has 2 aromatic carbocycles. The van der Waals surface area contributed by atoms with Crippen molar-refractivity contribution in [2.45, 2.75) is 6.92 Å². The number of carbonyl (C=O) groups is 1. The van der Waals surface area contributed by atoms with Gasteiger partial charge < -0.3 is 5.32 Å². The highest BCUT2D eigenvalue weighted by atomic mass is 19.1. The Morgan fingerprint density at radius 1 is 1.12 bits per heavy atom. The van der Waals surface area contributed by atoms with Crippen LogP contribution in [0.4, 0.5) is 10.1 Å². The van der Waals surface area contributed by atoms with Gasteiger partial charge >= 0.3 is 0 Å². The first kappa shape index (κ1) is 11.3. The Labute approximate surface area is 99.1 Å². The van der Waals surface area contributed by atoms with E-state index in [1.54, 1.807) is 24.3 Å². The summed E-state index contributed by atoms with van der Waals surface area (Å²) in [5, 5.41) is 2.66. The summed E-state index contributed by atoms with van der Waals surface area (Å²) in [6, 6.07) is 13.1. The van der Waals surface area contributed by atoms with Crippen LogP contribution >= 0.6 is 0 Å². The minimum absolute atomic E-state index is 0.228. The molecule has 0 aromatic heterocycles.